The Hall–Kier alpha value is -1.06. The van der Waals surface area contributed by atoms with E-state index in [1.807, 2.05) is 13.8 Å². The van der Waals surface area contributed by atoms with E-state index in [-0.39, 0.29) is 11.8 Å². The van der Waals surface area contributed by atoms with Crippen molar-refractivity contribution in [3.05, 3.63) is 35.1 Å². The zero-order valence-corrected chi connectivity index (χ0v) is 9.40. The van der Waals surface area contributed by atoms with Gasteiger partial charge in [0, 0.05) is 0 Å². The standard InChI is InChI=1S/C12H14F4/c1-7(2)8(3)9-4-10(12(14,15)16)6-11(13)5-9/h4-8H,1-3H3/t8-/m1/s1. The fourth-order valence-corrected chi connectivity index (χ4v) is 1.42. The fraction of sp³-hybridized carbons (Fsp3) is 0.500. The lowest BCUT2D eigenvalue weighted by atomic mass is 9.89. The molecule has 0 saturated carbocycles. The van der Waals surface area contributed by atoms with E-state index in [9.17, 15) is 17.6 Å². The lowest BCUT2D eigenvalue weighted by Crippen LogP contribution is -2.09. The number of hydrogen-bond acceptors (Lipinski definition) is 0. The van der Waals surface area contributed by atoms with Gasteiger partial charge in [0.15, 0.2) is 0 Å². The second-order valence-electron chi connectivity index (χ2n) is 4.30. The normalized spacial score (nSPS) is 14.2. The third-order valence-corrected chi connectivity index (χ3v) is 2.77. The zero-order chi connectivity index (χ0) is 12.5. The lowest BCUT2D eigenvalue weighted by Gasteiger charge is -2.17. The van der Waals surface area contributed by atoms with Crippen molar-refractivity contribution in [3.8, 4) is 0 Å². The quantitative estimate of drug-likeness (QED) is 0.656. The molecule has 0 aliphatic heterocycles. The number of rotatable bonds is 2. The molecule has 1 aromatic carbocycles. The predicted molar refractivity (Wildman–Crippen MR) is 54.7 cm³/mol. The zero-order valence-electron chi connectivity index (χ0n) is 9.40. The van der Waals surface area contributed by atoms with Crippen LogP contribution in [-0.2, 0) is 6.18 Å². The summed E-state index contributed by atoms with van der Waals surface area (Å²) in [5.74, 6) is -0.767. The first-order valence-electron chi connectivity index (χ1n) is 5.09. The number of halogens is 4. The fourth-order valence-electron chi connectivity index (χ4n) is 1.42. The van der Waals surface area contributed by atoms with Crippen LogP contribution in [-0.4, -0.2) is 0 Å². The first-order chi connectivity index (χ1) is 7.21. The van der Waals surface area contributed by atoms with Gasteiger partial charge in [0.1, 0.15) is 5.82 Å². The molecule has 0 aromatic heterocycles. The maximum atomic E-state index is 13.1. The van der Waals surface area contributed by atoms with Crippen molar-refractivity contribution in [2.24, 2.45) is 5.92 Å². The van der Waals surface area contributed by atoms with Gasteiger partial charge in [-0.05, 0) is 35.6 Å². The molecule has 0 nitrogen and oxygen atoms in total. The summed E-state index contributed by atoms with van der Waals surface area (Å²) in [6.07, 6.45) is -4.49. The molecular weight excluding hydrogens is 220 g/mol. The molecule has 0 heterocycles. The molecule has 0 spiro atoms. The van der Waals surface area contributed by atoms with Crippen LogP contribution in [0.2, 0.25) is 0 Å². The van der Waals surface area contributed by atoms with Crippen molar-refractivity contribution in [1.82, 2.24) is 0 Å². The van der Waals surface area contributed by atoms with E-state index >= 15 is 0 Å². The molecule has 0 N–H and O–H groups in total. The summed E-state index contributed by atoms with van der Waals surface area (Å²) in [5, 5.41) is 0. The maximum absolute atomic E-state index is 13.1. The minimum atomic E-state index is -4.49. The van der Waals surface area contributed by atoms with Crippen LogP contribution in [0.3, 0.4) is 0 Å². The second-order valence-corrected chi connectivity index (χ2v) is 4.30. The van der Waals surface area contributed by atoms with Gasteiger partial charge in [0.05, 0.1) is 5.56 Å². The van der Waals surface area contributed by atoms with Crippen LogP contribution in [0, 0.1) is 11.7 Å². The van der Waals surface area contributed by atoms with Gasteiger partial charge in [0.2, 0.25) is 0 Å². The largest absolute Gasteiger partial charge is 0.416 e. The molecule has 0 aliphatic rings. The Labute approximate surface area is 92.3 Å². The molecule has 4 heteroatoms. The van der Waals surface area contributed by atoms with Gasteiger partial charge >= 0.3 is 6.18 Å². The summed E-state index contributed by atoms with van der Waals surface area (Å²) >= 11 is 0. The summed E-state index contributed by atoms with van der Waals surface area (Å²) in [6.45, 7) is 5.57. The van der Waals surface area contributed by atoms with Gasteiger partial charge in [-0.25, -0.2) is 4.39 Å². The molecular formula is C12H14F4. The predicted octanol–water partition coefficient (Wildman–Crippen LogP) is 4.60. The van der Waals surface area contributed by atoms with Gasteiger partial charge in [-0.1, -0.05) is 20.8 Å². The molecule has 0 radical (unpaired) electrons. The molecule has 0 unspecified atom stereocenters. The van der Waals surface area contributed by atoms with Gasteiger partial charge in [-0.15, -0.1) is 0 Å². The molecule has 0 saturated heterocycles. The van der Waals surface area contributed by atoms with Crippen LogP contribution in [0.1, 0.15) is 37.8 Å². The van der Waals surface area contributed by atoms with Crippen LogP contribution < -0.4 is 0 Å². The smallest absolute Gasteiger partial charge is 0.207 e. The van der Waals surface area contributed by atoms with E-state index in [1.165, 1.54) is 6.07 Å². The average molecular weight is 234 g/mol. The number of hydrogen-bond donors (Lipinski definition) is 0. The Balaban J connectivity index is 3.18. The van der Waals surface area contributed by atoms with Crippen molar-refractivity contribution < 1.29 is 17.6 Å². The molecule has 1 rings (SSSR count). The van der Waals surface area contributed by atoms with E-state index in [1.54, 1.807) is 6.92 Å². The van der Waals surface area contributed by atoms with Crippen LogP contribution in [0.15, 0.2) is 18.2 Å². The molecule has 1 atom stereocenters. The highest BCUT2D eigenvalue weighted by Crippen LogP contribution is 2.33. The Bertz CT molecular complexity index is 366. The van der Waals surface area contributed by atoms with E-state index in [2.05, 4.69) is 0 Å². The third-order valence-electron chi connectivity index (χ3n) is 2.77. The number of alkyl halides is 3. The molecule has 90 valence electrons. The van der Waals surface area contributed by atoms with E-state index in [0.29, 0.717) is 11.6 Å². The molecule has 0 fully saturated rings. The van der Waals surface area contributed by atoms with Crippen molar-refractivity contribution in [2.45, 2.75) is 32.9 Å². The van der Waals surface area contributed by atoms with E-state index < -0.39 is 17.6 Å². The van der Waals surface area contributed by atoms with Crippen LogP contribution in [0.5, 0.6) is 0 Å². The van der Waals surface area contributed by atoms with Crippen molar-refractivity contribution >= 4 is 0 Å². The Morgan fingerprint density at radius 3 is 2.00 bits per heavy atom. The van der Waals surface area contributed by atoms with Crippen LogP contribution in [0.4, 0.5) is 17.6 Å². The SMILES string of the molecule is CC(C)[C@@H](C)c1cc(F)cc(C(F)(F)F)c1. The Kier molecular flexibility index (Phi) is 3.61. The first-order valence-corrected chi connectivity index (χ1v) is 5.09. The average Bonchev–Trinajstić information content (AvgIpc) is 2.14. The van der Waals surface area contributed by atoms with Gasteiger partial charge in [-0.3, -0.25) is 0 Å². The molecule has 1 aromatic rings. The summed E-state index contributed by atoms with van der Waals surface area (Å²) in [5.41, 5.74) is -0.530. The van der Waals surface area contributed by atoms with Crippen molar-refractivity contribution in [2.75, 3.05) is 0 Å². The topological polar surface area (TPSA) is 0 Å². The van der Waals surface area contributed by atoms with E-state index in [0.717, 1.165) is 6.07 Å². The summed E-state index contributed by atoms with van der Waals surface area (Å²) in [6, 6.07) is 2.71. The van der Waals surface area contributed by atoms with Gasteiger partial charge < -0.3 is 0 Å². The number of benzene rings is 1. The second kappa shape index (κ2) is 4.44. The monoisotopic (exact) mass is 234 g/mol. The maximum Gasteiger partial charge on any atom is 0.416 e. The first kappa shape index (κ1) is 13.0. The highest BCUT2D eigenvalue weighted by atomic mass is 19.4. The molecule has 16 heavy (non-hydrogen) atoms. The Morgan fingerprint density at radius 1 is 1.00 bits per heavy atom. The summed E-state index contributed by atoms with van der Waals surface area (Å²) in [7, 11) is 0. The van der Waals surface area contributed by atoms with E-state index in [4.69, 9.17) is 0 Å². The van der Waals surface area contributed by atoms with Crippen LogP contribution in [0.25, 0.3) is 0 Å². The minimum absolute atomic E-state index is 0.100. The summed E-state index contributed by atoms with van der Waals surface area (Å²) in [4.78, 5) is 0. The Morgan fingerprint density at radius 2 is 1.56 bits per heavy atom. The minimum Gasteiger partial charge on any atom is -0.207 e. The summed E-state index contributed by atoms with van der Waals surface area (Å²) < 4.78 is 50.4. The molecule has 0 aliphatic carbocycles. The third kappa shape index (κ3) is 2.97. The van der Waals surface area contributed by atoms with Crippen LogP contribution >= 0.6 is 0 Å². The van der Waals surface area contributed by atoms with Crippen molar-refractivity contribution in [1.29, 1.82) is 0 Å². The lowest BCUT2D eigenvalue weighted by molar-refractivity contribution is -0.137. The highest BCUT2D eigenvalue weighted by Gasteiger charge is 2.31. The van der Waals surface area contributed by atoms with Gasteiger partial charge in [0.25, 0.3) is 0 Å². The highest BCUT2D eigenvalue weighted by molar-refractivity contribution is 5.29. The molecule has 0 bridgehead atoms. The molecule has 0 amide bonds. The van der Waals surface area contributed by atoms with Gasteiger partial charge in [-0.2, -0.15) is 13.2 Å². The van der Waals surface area contributed by atoms with Crippen molar-refractivity contribution in [3.63, 3.8) is 0 Å².